The van der Waals surface area contributed by atoms with Gasteiger partial charge in [-0.05, 0) is 39.0 Å². The van der Waals surface area contributed by atoms with Gasteiger partial charge in [-0.15, -0.1) is 0 Å². The molecule has 0 aliphatic carbocycles. The van der Waals surface area contributed by atoms with Crippen molar-refractivity contribution in [3.8, 4) is 5.75 Å². The van der Waals surface area contributed by atoms with Crippen molar-refractivity contribution in [2.24, 2.45) is 5.73 Å². The Bertz CT molecular complexity index is 466. The largest absolute Gasteiger partial charge is 0.495 e. The summed E-state index contributed by atoms with van der Waals surface area (Å²) in [6.07, 6.45) is 0. The van der Waals surface area contributed by atoms with Gasteiger partial charge in [0.2, 0.25) is 0 Å². The molecule has 0 spiro atoms. The highest BCUT2D eigenvalue weighted by Crippen LogP contribution is 2.37. The number of carboxylic acid groups (broad SMARTS) is 1. The highest BCUT2D eigenvalue weighted by molar-refractivity contribution is 9.10. The highest BCUT2D eigenvalue weighted by Gasteiger charge is 2.24. The first kappa shape index (κ1) is 15.0. The van der Waals surface area contributed by atoms with Crippen molar-refractivity contribution >= 4 is 21.9 Å². The number of halogens is 1. The van der Waals surface area contributed by atoms with Crippen molar-refractivity contribution in [1.29, 1.82) is 0 Å². The fourth-order valence-corrected chi connectivity index (χ4v) is 2.26. The summed E-state index contributed by atoms with van der Waals surface area (Å²) in [7, 11) is 1.49. The maximum atomic E-state index is 11.0. The number of hydrogen-bond donors (Lipinski definition) is 2. The summed E-state index contributed by atoms with van der Waals surface area (Å²) >= 11 is 3.39. The van der Waals surface area contributed by atoms with Crippen LogP contribution in [0.5, 0.6) is 5.75 Å². The van der Waals surface area contributed by atoms with Gasteiger partial charge < -0.3 is 15.6 Å². The van der Waals surface area contributed by atoms with Gasteiger partial charge in [0.15, 0.2) is 0 Å². The molecule has 0 saturated carbocycles. The van der Waals surface area contributed by atoms with E-state index in [1.54, 1.807) is 6.07 Å². The fraction of sp³-hybridized carbons (Fsp3) is 0.462. The average Bonchev–Trinajstić information content (AvgIpc) is 2.25. The molecule has 0 aromatic heterocycles. The summed E-state index contributed by atoms with van der Waals surface area (Å²) in [5.41, 5.74) is 7.08. The summed E-state index contributed by atoms with van der Waals surface area (Å²) in [6.45, 7) is 6.16. The van der Waals surface area contributed by atoms with E-state index >= 15 is 0 Å². The molecule has 4 nitrogen and oxygen atoms in total. The predicted octanol–water partition coefficient (Wildman–Crippen LogP) is 2.84. The number of methoxy groups -OCH3 is 1. The summed E-state index contributed by atoms with van der Waals surface area (Å²) in [6, 6.07) is 2.62. The molecule has 100 valence electrons. The highest BCUT2D eigenvalue weighted by atomic mass is 79.9. The number of hydrogen-bond acceptors (Lipinski definition) is 3. The second-order valence-corrected chi connectivity index (χ2v) is 6.00. The second-order valence-electron chi connectivity index (χ2n) is 5.15. The maximum Gasteiger partial charge on any atom is 0.325 e. The summed E-state index contributed by atoms with van der Waals surface area (Å²) < 4.78 is 5.94. The Balaban J connectivity index is 3.46. The van der Waals surface area contributed by atoms with Gasteiger partial charge in [-0.2, -0.15) is 0 Å². The van der Waals surface area contributed by atoms with Crippen molar-refractivity contribution in [3.05, 3.63) is 27.7 Å². The van der Waals surface area contributed by atoms with Crippen molar-refractivity contribution in [3.63, 3.8) is 0 Å². The topological polar surface area (TPSA) is 72.5 Å². The summed E-state index contributed by atoms with van der Waals surface area (Å²) in [5, 5.41) is 9.04. The van der Waals surface area contributed by atoms with E-state index in [2.05, 4.69) is 36.7 Å². The molecule has 1 atom stereocenters. The number of nitrogens with two attached hydrogens (primary N) is 1. The standard InChI is InChI=1S/C13H18BrNO3/c1-13(2,3)7-5-8(10(15)12(16)17)11(18-4)9(14)6-7/h5-6,10H,15H2,1-4H3,(H,16,17). The van der Waals surface area contributed by atoms with Crippen LogP contribution in [0.15, 0.2) is 16.6 Å². The van der Waals surface area contributed by atoms with E-state index in [1.165, 1.54) is 7.11 Å². The molecule has 1 unspecified atom stereocenters. The number of carboxylic acids is 1. The van der Waals surface area contributed by atoms with Crippen molar-refractivity contribution in [2.45, 2.75) is 32.2 Å². The third-order valence-corrected chi connectivity index (χ3v) is 3.33. The van der Waals surface area contributed by atoms with Crippen LogP contribution in [-0.4, -0.2) is 18.2 Å². The molecule has 0 bridgehead atoms. The molecule has 5 heteroatoms. The van der Waals surface area contributed by atoms with Crippen LogP contribution in [0, 0.1) is 0 Å². The molecule has 18 heavy (non-hydrogen) atoms. The molecule has 1 aromatic rings. The van der Waals surface area contributed by atoms with E-state index < -0.39 is 12.0 Å². The van der Waals surface area contributed by atoms with E-state index in [9.17, 15) is 4.79 Å². The van der Waals surface area contributed by atoms with Gasteiger partial charge in [0.25, 0.3) is 0 Å². The lowest BCUT2D eigenvalue weighted by atomic mass is 9.85. The third-order valence-electron chi connectivity index (χ3n) is 2.74. The Labute approximate surface area is 115 Å². The molecule has 0 radical (unpaired) electrons. The number of aliphatic carboxylic acids is 1. The van der Waals surface area contributed by atoms with E-state index in [0.29, 0.717) is 15.8 Å². The first-order valence-corrected chi connectivity index (χ1v) is 6.34. The fourth-order valence-electron chi connectivity index (χ4n) is 1.63. The number of benzene rings is 1. The van der Waals surface area contributed by atoms with Crippen LogP contribution in [0.3, 0.4) is 0 Å². The van der Waals surface area contributed by atoms with E-state index in [4.69, 9.17) is 15.6 Å². The molecule has 0 fully saturated rings. The van der Waals surface area contributed by atoms with Gasteiger partial charge >= 0.3 is 5.97 Å². The molecule has 0 saturated heterocycles. The van der Waals surface area contributed by atoms with Crippen LogP contribution < -0.4 is 10.5 Å². The second kappa shape index (κ2) is 5.28. The smallest absolute Gasteiger partial charge is 0.325 e. The Morgan fingerprint density at radius 2 is 2.00 bits per heavy atom. The Morgan fingerprint density at radius 3 is 2.39 bits per heavy atom. The Kier molecular flexibility index (Phi) is 4.40. The lowest BCUT2D eigenvalue weighted by Crippen LogP contribution is -2.22. The van der Waals surface area contributed by atoms with Gasteiger partial charge in [0, 0.05) is 5.56 Å². The molecular weight excluding hydrogens is 298 g/mol. The van der Waals surface area contributed by atoms with E-state index in [1.807, 2.05) is 6.07 Å². The quantitative estimate of drug-likeness (QED) is 0.899. The van der Waals surface area contributed by atoms with E-state index in [0.717, 1.165) is 5.56 Å². The maximum absolute atomic E-state index is 11.0. The lowest BCUT2D eigenvalue weighted by molar-refractivity contribution is -0.138. The summed E-state index contributed by atoms with van der Waals surface area (Å²) in [5.74, 6) is -0.607. The molecular formula is C13H18BrNO3. The van der Waals surface area contributed by atoms with Gasteiger partial charge in [0.05, 0.1) is 11.6 Å². The molecule has 1 aromatic carbocycles. The number of rotatable bonds is 3. The average molecular weight is 316 g/mol. The van der Waals surface area contributed by atoms with Crippen molar-refractivity contribution in [1.82, 2.24) is 0 Å². The minimum absolute atomic E-state index is 0.0955. The zero-order valence-electron chi connectivity index (χ0n) is 11.0. The van der Waals surface area contributed by atoms with Crippen LogP contribution in [0.25, 0.3) is 0 Å². The van der Waals surface area contributed by atoms with Crippen LogP contribution >= 0.6 is 15.9 Å². The molecule has 0 aliphatic heterocycles. The normalized spacial score (nSPS) is 13.2. The molecule has 1 rings (SSSR count). The van der Waals surface area contributed by atoms with Crippen molar-refractivity contribution in [2.75, 3.05) is 7.11 Å². The van der Waals surface area contributed by atoms with Gasteiger partial charge in [-0.1, -0.05) is 20.8 Å². The van der Waals surface area contributed by atoms with E-state index in [-0.39, 0.29) is 5.41 Å². The van der Waals surface area contributed by atoms with Gasteiger partial charge in [0.1, 0.15) is 11.8 Å². The predicted molar refractivity (Wildman–Crippen MR) is 74.0 cm³/mol. The summed E-state index contributed by atoms with van der Waals surface area (Å²) in [4.78, 5) is 11.0. The molecule has 0 heterocycles. The SMILES string of the molecule is COc1c(Br)cc(C(C)(C)C)cc1C(N)C(=O)O. The van der Waals surface area contributed by atoms with Crippen LogP contribution in [-0.2, 0) is 10.2 Å². The Hall–Kier alpha value is -1.07. The Morgan fingerprint density at radius 1 is 1.44 bits per heavy atom. The first-order chi connectivity index (χ1) is 8.18. The lowest BCUT2D eigenvalue weighted by Gasteiger charge is -2.23. The van der Waals surface area contributed by atoms with Crippen LogP contribution in [0.2, 0.25) is 0 Å². The van der Waals surface area contributed by atoms with Gasteiger partial charge in [-0.25, -0.2) is 0 Å². The monoisotopic (exact) mass is 315 g/mol. The number of ether oxygens (including phenoxy) is 1. The molecule has 0 aliphatic rings. The molecule has 0 amide bonds. The molecule has 3 N–H and O–H groups in total. The van der Waals surface area contributed by atoms with Gasteiger partial charge in [-0.3, -0.25) is 4.79 Å². The minimum atomic E-state index is -1.10. The van der Waals surface area contributed by atoms with Crippen molar-refractivity contribution < 1.29 is 14.6 Å². The first-order valence-electron chi connectivity index (χ1n) is 5.54. The van der Waals surface area contributed by atoms with Crippen LogP contribution in [0.1, 0.15) is 37.9 Å². The zero-order valence-corrected chi connectivity index (χ0v) is 12.5. The number of carbonyl (C=O) groups is 1. The minimum Gasteiger partial charge on any atom is -0.495 e. The third kappa shape index (κ3) is 3.03. The zero-order chi connectivity index (χ0) is 14.1. The van der Waals surface area contributed by atoms with Crippen LogP contribution in [0.4, 0.5) is 0 Å².